The minimum atomic E-state index is -1.04. The molecule has 142 valence electrons. The van der Waals surface area contributed by atoms with Crippen LogP contribution < -0.4 is 22.5 Å². The molecule has 0 bridgehead atoms. The van der Waals surface area contributed by atoms with Crippen LogP contribution in [0.25, 0.3) is 0 Å². The number of hydrogen-bond donors (Lipinski definition) is 5. The van der Waals surface area contributed by atoms with E-state index in [1.165, 1.54) is 12.1 Å². The van der Waals surface area contributed by atoms with Gasteiger partial charge in [-0.2, -0.15) is 10.3 Å². The Kier molecular flexibility index (Phi) is 6.56. The van der Waals surface area contributed by atoms with Crippen molar-refractivity contribution in [2.24, 2.45) is 27.2 Å². The van der Waals surface area contributed by atoms with Crippen LogP contribution in [0.1, 0.15) is 31.2 Å². The van der Waals surface area contributed by atoms with Crippen LogP contribution in [0.5, 0.6) is 0 Å². The van der Waals surface area contributed by atoms with Crippen LogP contribution in [0.15, 0.2) is 28.2 Å². The fourth-order valence-electron chi connectivity index (χ4n) is 2.70. The molecule has 8 N–H and O–H groups in total. The molecule has 1 aromatic carbocycles. The highest BCUT2D eigenvalue weighted by molar-refractivity contribution is 6.67. The van der Waals surface area contributed by atoms with Crippen molar-refractivity contribution >= 4 is 29.1 Å². The summed E-state index contributed by atoms with van der Waals surface area (Å²) in [4.78, 5) is 19.6. The number of halogens is 1. The molecular weight excluding hydrogens is 351 g/mol. The van der Waals surface area contributed by atoms with Crippen molar-refractivity contribution in [3.8, 4) is 6.07 Å². The Morgan fingerprint density at radius 1 is 1.33 bits per heavy atom. The lowest BCUT2D eigenvalue weighted by atomic mass is 9.91. The zero-order valence-corrected chi connectivity index (χ0v) is 14.6. The highest BCUT2D eigenvalue weighted by Crippen LogP contribution is 2.19. The largest absolute Gasteiger partial charge is 0.368 e. The van der Waals surface area contributed by atoms with Gasteiger partial charge in [-0.25, -0.2) is 9.38 Å². The second-order valence-electron chi connectivity index (χ2n) is 6.13. The molecule has 1 fully saturated rings. The van der Waals surface area contributed by atoms with Crippen molar-refractivity contribution in [3.05, 3.63) is 29.6 Å². The summed E-state index contributed by atoms with van der Waals surface area (Å²) in [6.07, 6.45) is 3.61. The molecule has 1 aliphatic rings. The molecule has 2 rings (SSSR count). The van der Waals surface area contributed by atoms with Crippen LogP contribution in [0.2, 0.25) is 0 Å². The van der Waals surface area contributed by atoms with Crippen molar-refractivity contribution in [2.75, 3.05) is 5.32 Å². The summed E-state index contributed by atoms with van der Waals surface area (Å²) in [6.45, 7) is 0. The number of carbonyl (C=O) groups is 1. The summed E-state index contributed by atoms with van der Waals surface area (Å²) in [5.74, 6) is -2.25. The molecule has 1 saturated carbocycles. The highest BCUT2D eigenvalue weighted by Gasteiger charge is 2.22. The smallest absolute Gasteiger partial charge is 0.270 e. The second kappa shape index (κ2) is 8.86. The van der Waals surface area contributed by atoms with Gasteiger partial charge < -0.3 is 22.5 Å². The fourth-order valence-corrected chi connectivity index (χ4v) is 2.70. The van der Waals surface area contributed by atoms with E-state index < -0.39 is 17.4 Å². The fraction of sp³-hybridized carbons (Fsp3) is 0.353. The molecule has 27 heavy (non-hydrogen) atoms. The van der Waals surface area contributed by atoms with Crippen molar-refractivity contribution in [1.82, 2.24) is 0 Å². The van der Waals surface area contributed by atoms with Gasteiger partial charge in [0, 0.05) is 11.7 Å². The monoisotopic (exact) mass is 372 g/mol. The predicted molar refractivity (Wildman–Crippen MR) is 101 cm³/mol. The summed E-state index contributed by atoms with van der Waals surface area (Å²) >= 11 is 0. The number of amidine groups is 1. The van der Waals surface area contributed by atoms with Gasteiger partial charge in [0.15, 0.2) is 11.5 Å². The first kappa shape index (κ1) is 20.0. The average molecular weight is 372 g/mol. The van der Waals surface area contributed by atoms with E-state index >= 15 is 0 Å². The van der Waals surface area contributed by atoms with E-state index in [9.17, 15) is 9.18 Å². The lowest BCUT2D eigenvalue weighted by Gasteiger charge is -2.25. The van der Waals surface area contributed by atoms with Gasteiger partial charge in [0.2, 0.25) is 5.96 Å². The van der Waals surface area contributed by atoms with Crippen LogP contribution in [-0.2, 0) is 4.79 Å². The number of nitriles is 1. The number of benzene rings is 1. The molecule has 10 heteroatoms. The van der Waals surface area contributed by atoms with Crippen molar-refractivity contribution in [1.29, 1.82) is 10.7 Å². The number of aliphatic imine (C=N–C) groups is 2. The van der Waals surface area contributed by atoms with E-state index in [1.807, 2.05) is 0 Å². The first-order valence-corrected chi connectivity index (χ1v) is 8.34. The van der Waals surface area contributed by atoms with Gasteiger partial charge in [0.1, 0.15) is 11.9 Å². The summed E-state index contributed by atoms with van der Waals surface area (Å²) in [6, 6.07) is 5.06. The molecule has 0 unspecified atom stereocenters. The van der Waals surface area contributed by atoms with Crippen LogP contribution in [0.4, 0.5) is 10.1 Å². The van der Waals surface area contributed by atoms with Crippen molar-refractivity contribution in [2.45, 2.75) is 37.8 Å². The summed E-state index contributed by atoms with van der Waals surface area (Å²) < 4.78 is 13.8. The molecular formula is C17H21FN8O. The third-order valence-corrected chi connectivity index (χ3v) is 4.14. The van der Waals surface area contributed by atoms with E-state index in [4.69, 9.17) is 27.9 Å². The molecule has 2 atom stereocenters. The Morgan fingerprint density at radius 3 is 2.63 bits per heavy atom. The molecule has 0 heterocycles. The SMILES string of the molecule is N#Cc1ccc(NC(=NC(N)=N[C@@H]2CCCC[C@@H]2N)C(=N)C(N)=O)cc1F. The van der Waals surface area contributed by atoms with Crippen LogP contribution >= 0.6 is 0 Å². The van der Waals surface area contributed by atoms with E-state index in [0.29, 0.717) is 0 Å². The average Bonchev–Trinajstić information content (AvgIpc) is 2.62. The maximum Gasteiger partial charge on any atom is 0.270 e. The van der Waals surface area contributed by atoms with E-state index in [0.717, 1.165) is 31.7 Å². The van der Waals surface area contributed by atoms with Crippen LogP contribution in [0, 0.1) is 22.6 Å². The van der Waals surface area contributed by atoms with Crippen LogP contribution in [0.3, 0.4) is 0 Å². The maximum atomic E-state index is 13.8. The minimum Gasteiger partial charge on any atom is -0.368 e. The first-order valence-electron chi connectivity index (χ1n) is 8.34. The van der Waals surface area contributed by atoms with Gasteiger partial charge in [-0.1, -0.05) is 12.8 Å². The number of guanidine groups is 1. The molecule has 1 amide bonds. The number of hydrogen-bond acceptors (Lipinski definition) is 5. The number of nitrogens with two attached hydrogens (primary N) is 3. The second-order valence-corrected chi connectivity index (χ2v) is 6.13. The number of primary amides is 1. The number of nitrogens with zero attached hydrogens (tertiary/aromatic N) is 3. The number of rotatable bonds is 4. The minimum absolute atomic E-state index is 0.132. The molecule has 1 aliphatic carbocycles. The lowest BCUT2D eigenvalue weighted by molar-refractivity contribution is -0.111. The van der Waals surface area contributed by atoms with Gasteiger partial charge in [0.25, 0.3) is 5.91 Å². The number of amides is 1. The first-order chi connectivity index (χ1) is 12.8. The third kappa shape index (κ3) is 5.32. The number of carbonyl (C=O) groups excluding carboxylic acids is 1. The van der Waals surface area contributed by atoms with Gasteiger partial charge in [0.05, 0.1) is 11.6 Å². The summed E-state index contributed by atoms with van der Waals surface area (Å²) in [5.41, 5.74) is 16.4. The van der Waals surface area contributed by atoms with Gasteiger partial charge in [-0.3, -0.25) is 10.2 Å². The highest BCUT2D eigenvalue weighted by atomic mass is 19.1. The van der Waals surface area contributed by atoms with E-state index in [2.05, 4.69) is 15.3 Å². The van der Waals surface area contributed by atoms with E-state index in [1.54, 1.807) is 6.07 Å². The molecule has 9 nitrogen and oxygen atoms in total. The van der Waals surface area contributed by atoms with Crippen molar-refractivity contribution < 1.29 is 9.18 Å². The normalized spacial score (nSPS) is 20.6. The summed E-state index contributed by atoms with van der Waals surface area (Å²) in [7, 11) is 0. The number of nitrogens with one attached hydrogen (secondary N) is 2. The zero-order valence-electron chi connectivity index (χ0n) is 14.6. The Balaban J connectivity index is 2.29. The maximum absolute atomic E-state index is 13.8. The summed E-state index contributed by atoms with van der Waals surface area (Å²) in [5, 5.41) is 19.2. The third-order valence-electron chi connectivity index (χ3n) is 4.14. The number of anilines is 1. The lowest BCUT2D eigenvalue weighted by Crippen LogP contribution is -2.38. The Morgan fingerprint density at radius 2 is 2.04 bits per heavy atom. The van der Waals surface area contributed by atoms with Gasteiger partial charge >= 0.3 is 0 Å². The van der Waals surface area contributed by atoms with Crippen molar-refractivity contribution in [3.63, 3.8) is 0 Å². The van der Waals surface area contributed by atoms with E-state index in [-0.39, 0.29) is 35.1 Å². The Hall–Kier alpha value is -3.32. The molecule has 0 spiro atoms. The quantitative estimate of drug-likeness (QED) is 0.383. The van der Waals surface area contributed by atoms with Gasteiger partial charge in [-0.05, 0) is 31.0 Å². The predicted octanol–water partition coefficient (Wildman–Crippen LogP) is 0.597. The molecule has 0 aromatic heterocycles. The zero-order chi connectivity index (χ0) is 20.0. The Labute approximate surface area is 155 Å². The van der Waals surface area contributed by atoms with Gasteiger partial charge in [-0.15, -0.1) is 0 Å². The molecule has 1 aromatic rings. The molecule has 0 saturated heterocycles. The van der Waals surface area contributed by atoms with Crippen LogP contribution in [-0.4, -0.2) is 35.5 Å². The molecule has 0 radical (unpaired) electrons. The Bertz CT molecular complexity index is 842. The standard InChI is InChI=1S/C17H21FN8O/c18-11-7-10(6-5-9(11)8-19)24-16(14(21)15(22)27)26-17(23)25-13-4-2-1-3-12(13)20/h5-7,12-13,21H,1-4,20H2,(H2,22,27)(H3,23,24,25,26)/t12-,13+/m0/s1. The topological polar surface area (TPSA) is 180 Å². The molecule has 0 aliphatic heterocycles.